The van der Waals surface area contributed by atoms with Gasteiger partial charge in [-0.05, 0) is 0 Å². The minimum Gasteiger partial charge on any atom is -0.211 e. The van der Waals surface area contributed by atoms with Crippen molar-refractivity contribution in [1.82, 2.24) is 0 Å². The molecular weight excluding hydrogens is 216 g/mol. The SMILES string of the molecule is O=C=NCC(N=C=O)C(CN=C=O)N=C=O. The number of hydrogen-bond acceptors (Lipinski definition) is 8. The lowest BCUT2D eigenvalue weighted by Gasteiger charge is -2.11. The zero-order valence-electron chi connectivity index (χ0n) is 7.99. The Morgan fingerprint density at radius 3 is 1.31 bits per heavy atom. The van der Waals surface area contributed by atoms with Gasteiger partial charge in [-0.1, -0.05) is 0 Å². The van der Waals surface area contributed by atoms with Crippen molar-refractivity contribution in [3.05, 3.63) is 0 Å². The molecule has 0 spiro atoms. The molecule has 8 heteroatoms. The predicted octanol–water partition coefficient (Wildman–Crippen LogP) is -0.933. The Morgan fingerprint density at radius 2 is 1.06 bits per heavy atom. The van der Waals surface area contributed by atoms with Crippen molar-refractivity contribution in [3.8, 4) is 0 Å². The molecule has 0 aromatic carbocycles. The van der Waals surface area contributed by atoms with Gasteiger partial charge in [0.25, 0.3) is 0 Å². The summed E-state index contributed by atoms with van der Waals surface area (Å²) < 4.78 is 0. The van der Waals surface area contributed by atoms with Crippen LogP contribution in [0.4, 0.5) is 0 Å². The second kappa shape index (κ2) is 9.09. The topological polar surface area (TPSA) is 118 Å². The highest BCUT2D eigenvalue weighted by Gasteiger charge is 2.20. The number of carbonyl (C=O) groups excluding carboxylic acids is 4. The zero-order valence-corrected chi connectivity index (χ0v) is 7.99. The van der Waals surface area contributed by atoms with E-state index in [0.717, 1.165) is 0 Å². The molecule has 2 atom stereocenters. The molecule has 0 aromatic rings. The average Bonchev–Trinajstić information content (AvgIpc) is 2.30. The molecule has 0 saturated carbocycles. The fraction of sp³-hybridized carbons (Fsp3) is 0.500. The lowest BCUT2D eigenvalue weighted by molar-refractivity contribution is 0.507. The molecule has 16 heavy (non-hydrogen) atoms. The van der Waals surface area contributed by atoms with Gasteiger partial charge >= 0.3 is 0 Å². The van der Waals surface area contributed by atoms with Crippen molar-refractivity contribution >= 4 is 24.3 Å². The van der Waals surface area contributed by atoms with E-state index < -0.39 is 12.1 Å². The molecule has 0 rings (SSSR count). The summed E-state index contributed by atoms with van der Waals surface area (Å²) in [5.41, 5.74) is 0. The molecule has 0 saturated heterocycles. The Balaban J connectivity index is 4.89. The molecule has 0 aliphatic rings. The van der Waals surface area contributed by atoms with Crippen LogP contribution in [0.2, 0.25) is 0 Å². The second-order valence-corrected chi connectivity index (χ2v) is 2.44. The third-order valence-electron chi connectivity index (χ3n) is 1.57. The summed E-state index contributed by atoms with van der Waals surface area (Å²) >= 11 is 0. The summed E-state index contributed by atoms with van der Waals surface area (Å²) in [5, 5.41) is 0. The summed E-state index contributed by atoms with van der Waals surface area (Å²) in [6.07, 6.45) is 4.99. The van der Waals surface area contributed by atoms with Crippen molar-refractivity contribution in [2.75, 3.05) is 13.1 Å². The van der Waals surface area contributed by atoms with E-state index in [4.69, 9.17) is 0 Å². The third-order valence-corrected chi connectivity index (χ3v) is 1.57. The van der Waals surface area contributed by atoms with Gasteiger partial charge in [0.15, 0.2) is 0 Å². The number of aliphatic imine (C=N–C) groups is 4. The molecule has 0 aromatic heterocycles. The van der Waals surface area contributed by atoms with E-state index in [2.05, 4.69) is 20.0 Å². The smallest absolute Gasteiger partial charge is 0.211 e. The van der Waals surface area contributed by atoms with Crippen LogP contribution >= 0.6 is 0 Å². The molecule has 0 aliphatic heterocycles. The Bertz CT molecular complexity index is 370. The van der Waals surface area contributed by atoms with E-state index in [9.17, 15) is 19.2 Å². The molecule has 0 N–H and O–H groups in total. The van der Waals surface area contributed by atoms with Gasteiger partial charge in [0.1, 0.15) is 12.1 Å². The van der Waals surface area contributed by atoms with Crippen molar-refractivity contribution in [2.24, 2.45) is 20.0 Å². The van der Waals surface area contributed by atoms with Gasteiger partial charge in [-0.25, -0.2) is 29.2 Å². The monoisotopic (exact) mass is 222 g/mol. The summed E-state index contributed by atoms with van der Waals surface area (Å²) in [6.45, 7) is -0.411. The van der Waals surface area contributed by atoms with Gasteiger partial charge in [-0.2, -0.15) is 9.98 Å². The summed E-state index contributed by atoms with van der Waals surface area (Å²) in [5.74, 6) is 0. The average molecular weight is 222 g/mol. The van der Waals surface area contributed by atoms with Gasteiger partial charge in [-0.3, -0.25) is 0 Å². The normalized spacial score (nSPS) is 11.8. The van der Waals surface area contributed by atoms with Gasteiger partial charge in [0, 0.05) is 0 Å². The highest BCUT2D eigenvalue weighted by atomic mass is 16.1. The molecule has 0 amide bonds. The maximum atomic E-state index is 10.1. The van der Waals surface area contributed by atoms with Gasteiger partial charge < -0.3 is 0 Å². The highest BCUT2D eigenvalue weighted by molar-refractivity contribution is 5.38. The standard InChI is InChI=1S/C8H6N4O4/c13-3-9-1-7(11-5-15)8(12-6-16)2-10-4-14/h7-8H,1-2H2. The summed E-state index contributed by atoms with van der Waals surface area (Å²) in [6, 6.07) is -1.81. The van der Waals surface area contributed by atoms with Crippen LogP contribution in [-0.4, -0.2) is 49.5 Å². The molecule has 0 radical (unpaired) electrons. The Kier molecular flexibility index (Phi) is 7.68. The van der Waals surface area contributed by atoms with Crippen LogP contribution < -0.4 is 0 Å². The van der Waals surface area contributed by atoms with Crippen LogP contribution in [0, 0.1) is 0 Å². The molecule has 8 nitrogen and oxygen atoms in total. The first-order valence-electron chi connectivity index (χ1n) is 4.01. The number of isocyanates is 4. The molecule has 2 unspecified atom stereocenters. The maximum Gasteiger partial charge on any atom is 0.235 e. The molecule has 0 aliphatic carbocycles. The molecule has 0 bridgehead atoms. The Labute approximate surface area is 89.5 Å². The number of rotatable bonds is 7. The van der Waals surface area contributed by atoms with Crippen LogP contribution in [0.25, 0.3) is 0 Å². The van der Waals surface area contributed by atoms with E-state index >= 15 is 0 Å². The minimum atomic E-state index is -0.905. The quantitative estimate of drug-likeness (QED) is 0.408. The number of nitrogens with zero attached hydrogens (tertiary/aromatic N) is 4. The highest BCUT2D eigenvalue weighted by Crippen LogP contribution is 2.04. The lowest BCUT2D eigenvalue weighted by Crippen LogP contribution is -2.28. The third kappa shape index (κ3) is 5.29. The maximum absolute atomic E-state index is 10.1. The molecule has 0 fully saturated rings. The van der Waals surface area contributed by atoms with Crippen LogP contribution in [0.5, 0.6) is 0 Å². The first-order chi connectivity index (χ1) is 7.79. The first-order valence-corrected chi connectivity index (χ1v) is 4.01. The summed E-state index contributed by atoms with van der Waals surface area (Å²) in [7, 11) is 0. The molecule has 82 valence electrons. The van der Waals surface area contributed by atoms with Gasteiger partial charge in [0.2, 0.25) is 24.3 Å². The van der Waals surface area contributed by atoms with Crippen molar-refractivity contribution in [2.45, 2.75) is 12.1 Å². The predicted molar refractivity (Wildman–Crippen MR) is 49.8 cm³/mol. The minimum absolute atomic E-state index is 0.205. The van der Waals surface area contributed by atoms with Crippen molar-refractivity contribution < 1.29 is 19.2 Å². The number of hydrogen-bond donors (Lipinski definition) is 0. The van der Waals surface area contributed by atoms with E-state index in [0.29, 0.717) is 0 Å². The zero-order chi connectivity index (χ0) is 12.2. The van der Waals surface area contributed by atoms with Gasteiger partial charge in [0.05, 0.1) is 13.1 Å². The Hall–Kier alpha value is -2.48. The van der Waals surface area contributed by atoms with E-state index in [-0.39, 0.29) is 13.1 Å². The van der Waals surface area contributed by atoms with E-state index in [1.165, 1.54) is 24.3 Å². The van der Waals surface area contributed by atoms with Crippen LogP contribution in [0.15, 0.2) is 20.0 Å². The largest absolute Gasteiger partial charge is 0.235 e. The Morgan fingerprint density at radius 1 is 0.688 bits per heavy atom. The fourth-order valence-electron chi connectivity index (χ4n) is 0.894. The van der Waals surface area contributed by atoms with Crippen molar-refractivity contribution in [3.63, 3.8) is 0 Å². The van der Waals surface area contributed by atoms with E-state index in [1.807, 2.05) is 0 Å². The molecular formula is C8H6N4O4. The second-order valence-electron chi connectivity index (χ2n) is 2.44. The van der Waals surface area contributed by atoms with Crippen LogP contribution in [0.3, 0.4) is 0 Å². The van der Waals surface area contributed by atoms with Crippen molar-refractivity contribution in [1.29, 1.82) is 0 Å². The lowest BCUT2D eigenvalue weighted by atomic mass is 10.1. The first kappa shape index (κ1) is 13.5. The van der Waals surface area contributed by atoms with E-state index in [1.54, 1.807) is 0 Å². The summed E-state index contributed by atoms with van der Waals surface area (Å²) in [4.78, 5) is 52.9. The van der Waals surface area contributed by atoms with Crippen LogP contribution in [0.1, 0.15) is 0 Å². The fourth-order valence-corrected chi connectivity index (χ4v) is 0.894. The molecule has 0 heterocycles. The van der Waals surface area contributed by atoms with Gasteiger partial charge in [-0.15, -0.1) is 0 Å². The van der Waals surface area contributed by atoms with Crippen LogP contribution in [-0.2, 0) is 19.2 Å².